The van der Waals surface area contributed by atoms with Crippen LogP contribution in [0.1, 0.15) is 15.9 Å². The van der Waals surface area contributed by atoms with Gasteiger partial charge in [0.25, 0.3) is 0 Å². The van der Waals surface area contributed by atoms with Gasteiger partial charge in [-0.25, -0.2) is 4.39 Å². The van der Waals surface area contributed by atoms with E-state index < -0.39 is 5.82 Å². The maximum atomic E-state index is 12.9. The van der Waals surface area contributed by atoms with Crippen molar-refractivity contribution < 1.29 is 9.18 Å². The van der Waals surface area contributed by atoms with Crippen molar-refractivity contribution in [3.05, 3.63) is 29.1 Å². The summed E-state index contributed by atoms with van der Waals surface area (Å²) >= 11 is 5.36. The molecule has 1 aromatic rings. The van der Waals surface area contributed by atoms with Gasteiger partial charge >= 0.3 is 0 Å². The average molecular weight is 202 g/mol. The zero-order valence-corrected chi connectivity index (χ0v) is 7.86. The molecule has 2 nitrogen and oxygen atoms in total. The Balaban J connectivity index is 3.33. The van der Waals surface area contributed by atoms with Crippen molar-refractivity contribution in [3.8, 4) is 0 Å². The smallest absolute Gasteiger partial charge is 0.180 e. The number of anilines is 1. The standard InChI is InChI=1S/C9H9ClFNO/c1-5-2-3-6(11)9(12)8(5)7(13)4-10/h2-3H,4,12H2,1H3. The van der Waals surface area contributed by atoms with Crippen molar-refractivity contribution in [2.75, 3.05) is 11.6 Å². The Labute approximate surface area is 80.5 Å². The Kier molecular flexibility index (Phi) is 2.88. The minimum Gasteiger partial charge on any atom is -0.396 e. The summed E-state index contributed by atoms with van der Waals surface area (Å²) in [5, 5.41) is 0. The molecule has 4 heteroatoms. The lowest BCUT2D eigenvalue weighted by Crippen LogP contribution is -2.09. The highest BCUT2D eigenvalue weighted by Crippen LogP contribution is 2.20. The highest BCUT2D eigenvalue weighted by atomic mass is 35.5. The van der Waals surface area contributed by atoms with Crippen LogP contribution in [0.25, 0.3) is 0 Å². The van der Waals surface area contributed by atoms with E-state index in [1.165, 1.54) is 12.1 Å². The fourth-order valence-electron chi connectivity index (χ4n) is 1.14. The normalized spacial score (nSPS) is 10.1. The van der Waals surface area contributed by atoms with Gasteiger partial charge < -0.3 is 5.73 Å². The van der Waals surface area contributed by atoms with E-state index in [1.54, 1.807) is 6.92 Å². The average Bonchev–Trinajstić information content (AvgIpc) is 2.12. The molecule has 0 atom stereocenters. The van der Waals surface area contributed by atoms with Crippen molar-refractivity contribution in [1.29, 1.82) is 0 Å². The first kappa shape index (κ1) is 9.99. The molecular weight excluding hydrogens is 193 g/mol. The van der Waals surface area contributed by atoms with E-state index in [1.807, 2.05) is 0 Å². The number of hydrogen-bond acceptors (Lipinski definition) is 2. The van der Waals surface area contributed by atoms with Gasteiger partial charge in [0.1, 0.15) is 5.82 Å². The molecule has 0 heterocycles. The topological polar surface area (TPSA) is 43.1 Å². The highest BCUT2D eigenvalue weighted by Gasteiger charge is 2.14. The van der Waals surface area contributed by atoms with Crippen LogP contribution < -0.4 is 5.73 Å². The third-order valence-corrected chi connectivity index (χ3v) is 2.04. The number of nitrogen functional groups attached to an aromatic ring is 1. The summed E-state index contributed by atoms with van der Waals surface area (Å²) in [5.74, 6) is -1.12. The second kappa shape index (κ2) is 3.75. The van der Waals surface area contributed by atoms with Crippen LogP contribution in [-0.2, 0) is 0 Å². The number of ketones is 1. The predicted molar refractivity (Wildman–Crippen MR) is 50.6 cm³/mol. The van der Waals surface area contributed by atoms with E-state index in [0.717, 1.165) is 0 Å². The quantitative estimate of drug-likeness (QED) is 0.453. The van der Waals surface area contributed by atoms with Crippen LogP contribution in [0.15, 0.2) is 12.1 Å². The summed E-state index contributed by atoms with van der Waals surface area (Å²) in [7, 11) is 0. The molecule has 0 aliphatic heterocycles. The summed E-state index contributed by atoms with van der Waals surface area (Å²) in [6.45, 7) is 1.69. The predicted octanol–water partition coefficient (Wildman–Crippen LogP) is 2.14. The summed E-state index contributed by atoms with van der Waals surface area (Å²) in [6.07, 6.45) is 0. The lowest BCUT2D eigenvalue weighted by Gasteiger charge is -2.06. The van der Waals surface area contributed by atoms with Gasteiger partial charge in [0, 0.05) is 5.56 Å². The molecule has 0 radical (unpaired) electrons. The van der Waals surface area contributed by atoms with E-state index in [-0.39, 0.29) is 22.9 Å². The molecular formula is C9H9ClFNO. The van der Waals surface area contributed by atoms with E-state index in [9.17, 15) is 9.18 Å². The molecule has 0 spiro atoms. The van der Waals surface area contributed by atoms with Gasteiger partial charge in [-0.3, -0.25) is 4.79 Å². The zero-order valence-electron chi connectivity index (χ0n) is 7.10. The number of hydrogen-bond donors (Lipinski definition) is 1. The van der Waals surface area contributed by atoms with Gasteiger partial charge in [-0.2, -0.15) is 0 Å². The first-order valence-corrected chi connectivity index (χ1v) is 4.25. The van der Waals surface area contributed by atoms with E-state index in [0.29, 0.717) is 5.56 Å². The Hall–Kier alpha value is -1.09. The van der Waals surface area contributed by atoms with Gasteiger partial charge in [0.15, 0.2) is 5.78 Å². The van der Waals surface area contributed by atoms with Gasteiger partial charge in [-0.05, 0) is 18.6 Å². The number of halogens is 2. The SMILES string of the molecule is Cc1ccc(F)c(N)c1C(=O)CCl. The minimum absolute atomic E-state index is 0.120. The Morgan fingerprint density at radius 1 is 1.62 bits per heavy atom. The van der Waals surface area contributed by atoms with E-state index in [2.05, 4.69) is 0 Å². The fourth-order valence-corrected chi connectivity index (χ4v) is 1.27. The molecule has 0 aromatic heterocycles. The van der Waals surface area contributed by atoms with Gasteiger partial charge in [0.05, 0.1) is 11.6 Å². The molecule has 0 saturated carbocycles. The summed E-state index contributed by atoms with van der Waals surface area (Å²) in [4.78, 5) is 11.2. The van der Waals surface area contributed by atoms with Crippen LogP contribution in [0.4, 0.5) is 10.1 Å². The van der Waals surface area contributed by atoms with E-state index in [4.69, 9.17) is 17.3 Å². The van der Waals surface area contributed by atoms with Gasteiger partial charge in [-0.1, -0.05) is 6.07 Å². The number of nitrogens with two attached hydrogens (primary N) is 1. The summed E-state index contributed by atoms with van der Waals surface area (Å²) in [6, 6.07) is 2.74. The maximum Gasteiger partial charge on any atom is 0.180 e. The third-order valence-electron chi connectivity index (χ3n) is 1.80. The second-order valence-corrected chi connectivity index (χ2v) is 2.98. The van der Waals surface area contributed by atoms with Crippen molar-refractivity contribution in [2.45, 2.75) is 6.92 Å². The molecule has 0 bridgehead atoms. The third kappa shape index (κ3) is 1.80. The summed E-state index contributed by atoms with van der Waals surface area (Å²) < 4.78 is 12.9. The Morgan fingerprint density at radius 3 is 2.77 bits per heavy atom. The first-order chi connectivity index (χ1) is 6.07. The minimum atomic E-state index is -0.584. The largest absolute Gasteiger partial charge is 0.396 e. The van der Waals surface area contributed by atoms with E-state index >= 15 is 0 Å². The highest BCUT2D eigenvalue weighted by molar-refractivity contribution is 6.31. The number of carbonyl (C=O) groups excluding carboxylic acids is 1. The molecule has 0 saturated heterocycles. The molecule has 0 unspecified atom stereocenters. The van der Waals surface area contributed by atoms with Crippen molar-refractivity contribution in [3.63, 3.8) is 0 Å². The monoisotopic (exact) mass is 201 g/mol. The van der Waals surface area contributed by atoms with Gasteiger partial charge in [-0.15, -0.1) is 11.6 Å². The maximum absolute atomic E-state index is 12.9. The van der Waals surface area contributed by atoms with Crippen LogP contribution in [-0.4, -0.2) is 11.7 Å². The Bertz CT molecular complexity index is 352. The number of alkyl halides is 1. The molecule has 1 aromatic carbocycles. The first-order valence-electron chi connectivity index (χ1n) is 3.71. The fraction of sp³-hybridized carbons (Fsp3) is 0.222. The molecule has 1 rings (SSSR count). The van der Waals surface area contributed by atoms with Crippen LogP contribution >= 0.6 is 11.6 Å². The molecule has 13 heavy (non-hydrogen) atoms. The van der Waals surface area contributed by atoms with Crippen molar-refractivity contribution >= 4 is 23.1 Å². The van der Waals surface area contributed by atoms with Crippen LogP contribution in [0, 0.1) is 12.7 Å². The zero-order chi connectivity index (χ0) is 10.0. The Morgan fingerprint density at radius 2 is 2.23 bits per heavy atom. The lowest BCUT2D eigenvalue weighted by atomic mass is 10.0. The molecule has 2 N–H and O–H groups in total. The number of benzene rings is 1. The van der Waals surface area contributed by atoms with Crippen molar-refractivity contribution in [2.24, 2.45) is 0 Å². The molecule has 0 fully saturated rings. The van der Waals surface area contributed by atoms with Gasteiger partial charge in [0.2, 0.25) is 0 Å². The van der Waals surface area contributed by atoms with Crippen molar-refractivity contribution in [1.82, 2.24) is 0 Å². The number of carbonyl (C=O) groups is 1. The molecule has 70 valence electrons. The molecule has 0 aliphatic rings. The number of rotatable bonds is 2. The van der Waals surface area contributed by atoms with Crippen LogP contribution in [0.3, 0.4) is 0 Å². The number of Topliss-reactive ketones (excluding diaryl/α,β-unsaturated/α-hetero) is 1. The molecule has 0 aliphatic carbocycles. The second-order valence-electron chi connectivity index (χ2n) is 2.71. The number of aryl methyl sites for hydroxylation is 1. The lowest BCUT2D eigenvalue weighted by molar-refractivity contribution is 0.102. The summed E-state index contributed by atoms with van der Waals surface area (Å²) in [5.41, 5.74) is 6.12. The molecule has 0 amide bonds. The van der Waals surface area contributed by atoms with Crippen LogP contribution in [0.5, 0.6) is 0 Å². The van der Waals surface area contributed by atoms with Crippen LogP contribution in [0.2, 0.25) is 0 Å².